The van der Waals surface area contributed by atoms with Crippen LogP contribution in [-0.4, -0.2) is 0 Å². The Morgan fingerprint density at radius 2 is 2.08 bits per heavy atom. The maximum atomic E-state index is 12.3. The lowest BCUT2D eigenvalue weighted by atomic mass is 10.1. The Hall–Kier alpha value is -0.660. The van der Waals surface area contributed by atoms with Crippen LogP contribution in [0.15, 0.2) is 16.6 Å². The minimum absolute atomic E-state index is 0.109. The van der Waals surface area contributed by atoms with Crippen molar-refractivity contribution in [3.63, 3.8) is 0 Å². The fraction of sp³-hybridized carbons (Fsp3) is 0.125. The Balaban J connectivity index is 3.41. The second-order valence-electron chi connectivity index (χ2n) is 2.24. The molecule has 0 aliphatic carbocycles. The summed E-state index contributed by atoms with van der Waals surface area (Å²) in [6.45, 7) is 0. The molecule has 1 nitrogen and oxygen atoms in total. The predicted molar refractivity (Wildman–Crippen MR) is 48.8 cm³/mol. The molecular formula is C8H3BrClF2N. The van der Waals surface area contributed by atoms with E-state index in [2.05, 4.69) is 15.9 Å². The molecule has 0 unspecified atom stereocenters. The van der Waals surface area contributed by atoms with Gasteiger partial charge in [-0.1, -0.05) is 17.7 Å². The molecule has 0 N–H and O–H groups in total. The van der Waals surface area contributed by atoms with Crippen LogP contribution in [0.5, 0.6) is 0 Å². The number of alkyl halides is 2. The van der Waals surface area contributed by atoms with E-state index in [0.29, 0.717) is 0 Å². The Morgan fingerprint density at radius 3 is 2.54 bits per heavy atom. The smallest absolute Gasteiger partial charge is 0.205 e. The maximum Gasteiger partial charge on any atom is 0.265 e. The van der Waals surface area contributed by atoms with Crippen molar-refractivity contribution in [2.75, 3.05) is 0 Å². The molecule has 1 aromatic carbocycles. The topological polar surface area (TPSA) is 23.8 Å². The summed E-state index contributed by atoms with van der Waals surface area (Å²) >= 11 is 8.60. The molecule has 0 aliphatic heterocycles. The quantitative estimate of drug-likeness (QED) is 0.756. The molecule has 0 aromatic heterocycles. The highest BCUT2D eigenvalue weighted by molar-refractivity contribution is 9.10. The summed E-state index contributed by atoms with van der Waals surface area (Å²) in [6, 6.07) is 4.15. The van der Waals surface area contributed by atoms with Crippen molar-refractivity contribution in [1.82, 2.24) is 0 Å². The molecule has 1 rings (SSSR count). The molecule has 0 spiro atoms. The van der Waals surface area contributed by atoms with Crippen molar-refractivity contribution < 1.29 is 8.78 Å². The molecule has 68 valence electrons. The van der Waals surface area contributed by atoms with Gasteiger partial charge in [-0.15, -0.1) is 0 Å². The minimum Gasteiger partial charge on any atom is -0.205 e. The van der Waals surface area contributed by atoms with E-state index in [-0.39, 0.29) is 20.6 Å². The van der Waals surface area contributed by atoms with E-state index < -0.39 is 6.43 Å². The third-order valence-electron chi connectivity index (χ3n) is 1.47. The first-order valence-electron chi connectivity index (χ1n) is 3.24. The lowest BCUT2D eigenvalue weighted by molar-refractivity contribution is 0.151. The van der Waals surface area contributed by atoms with Crippen LogP contribution in [0.3, 0.4) is 0 Å². The van der Waals surface area contributed by atoms with Crippen LogP contribution in [0.2, 0.25) is 5.02 Å². The van der Waals surface area contributed by atoms with Crippen LogP contribution >= 0.6 is 27.5 Å². The number of benzene rings is 1. The Kier molecular flexibility index (Phi) is 3.23. The van der Waals surface area contributed by atoms with E-state index >= 15 is 0 Å². The van der Waals surface area contributed by atoms with Crippen molar-refractivity contribution in [2.45, 2.75) is 6.43 Å². The van der Waals surface area contributed by atoms with Crippen molar-refractivity contribution >= 4 is 27.5 Å². The van der Waals surface area contributed by atoms with E-state index in [1.54, 1.807) is 6.07 Å². The molecule has 0 heterocycles. The van der Waals surface area contributed by atoms with Crippen LogP contribution in [0.1, 0.15) is 17.6 Å². The molecule has 0 bridgehead atoms. The van der Waals surface area contributed by atoms with Gasteiger partial charge in [-0.3, -0.25) is 0 Å². The van der Waals surface area contributed by atoms with Crippen LogP contribution in [0.25, 0.3) is 0 Å². The van der Waals surface area contributed by atoms with Gasteiger partial charge in [0.2, 0.25) is 0 Å². The zero-order chi connectivity index (χ0) is 10.0. The fourth-order valence-electron chi connectivity index (χ4n) is 0.861. The first-order valence-corrected chi connectivity index (χ1v) is 4.41. The fourth-order valence-corrected chi connectivity index (χ4v) is 1.47. The minimum atomic E-state index is -2.66. The molecule has 0 radical (unpaired) electrons. The van der Waals surface area contributed by atoms with E-state index in [1.165, 1.54) is 6.07 Å². The molecule has 0 saturated carbocycles. The van der Waals surface area contributed by atoms with Gasteiger partial charge in [0.25, 0.3) is 6.43 Å². The maximum absolute atomic E-state index is 12.3. The molecule has 0 amide bonds. The second-order valence-corrected chi connectivity index (χ2v) is 3.44. The lowest BCUT2D eigenvalue weighted by Crippen LogP contribution is -1.91. The highest BCUT2D eigenvalue weighted by Crippen LogP contribution is 2.32. The number of hydrogen-bond donors (Lipinski definition) is 0. The number of nitrogens with zero attached hydrogens (tertiary/aromatic N) is 1. The van der Waals surface area contributed by atoms with Crippen molar-refractivity contribution in [1.29, 1.82) is 5.26 Å². The largest absolute Gasteiger partial charge is 0.265 e. The number of rotatable bonds is 1. The average Bonchev–Trinajstić information content (AvgIpc) is 2.09. The van der Waals surface area contributed by atoms with Gasteiger partial charge in [-0.25, -0.2) is 8.78 Å². The standard InChI is InChI=1S/C8H3BrClF2N/c9-7-5(3-13)4(8(11)12)1-2-6(7)10/h1-2,8H. The molecule has 5 heteroatoms. The van der Waals surface area contributed by atoms with Crippen LogP contribution in [0, 0.1) is 11.3 Å². The molecule has 1 aromatic rings. The van der Waals surface area contributed by atoms with Crippen molar-refractivity contribution in [2.24, 2.45) is 0 Å². The van der Waals surface area contributed by atoms with Crippen LogP contribution in [-0.2, 0) is 0 Å². The predicted octanol–water partition coefficient (Wildman–Crippen LogP) is 3.91. The number of nitriles is 1. The van der Waals surface area contributed by atoms with Gasteiger partial charge in [-0.2, -0.15) is 5.26 Å². The summed E-state index contributed by atoms with van der Waals surface area (Å²) in [5.41, 5.74) is -0.415. The summed E-state index contributed by atoms with van der Waals surface area (Å²) in [6.07, 6.45) is -2.66. The first kappa shape index (κ1) is 10.4. The van der Waals surface area contributed by atoms with Gasteiger partial charge in [0.15, 0.2) is 0 Å². The summed E-state index contributed by atoms with van der Waals surface area (Å²) in [5, 5.41) is 8.85. The Labute approximate surface area is 87.1 Å². The summed E-state index contributed by atoms with van der Waals surface area (Å²) in [4.78, 5) is 0. The van der Waals surface area contributed by atoms with Crippen molar-refractivity contribution in [3.05, 3.63) is 32.8 Å². The highest BCUT2D eigenvalue weighted by atomic mass is 79.9. The van der Waals surface area contributed by atoms with Crippen LogP contribution < -0.4 is 0 Å². The van der Waals surface area contributed by atoms with Gasteiger partial charge in [0.05, 0.1) is 15.1 Å². The number of halogens is 4. The normalized spacial score (nSPS) is 10.2. The van der Waals surface area contributed by atoms with E-state index in [4.69, 9.17) is 16.9 Å². The van der Waals surface area contributed by atoms with Crippen LogP contribution in [0.4, 0.5) is 8.78 Å². The monoisotopic (exact) mass is 265 g/mol. The van der Waals surface area contributed by atoms with Gasteiger partial charge in [0, 0.05) is 5.56 Å². The summed E-state index contributed by atoms with van der Waals surface area (Å²) < 4.78 is 24.8. The van der Waals surface area contributed by atoms with E-state index in [0.717, 1.165) is 6.07 Å². The SMILES string of the molecule is N#Cc1c(C(F)F)ccc(Cl)c1Br. The molecule has 0 atom stereocenters. The third-order valence-corrected chi connectivity index (χ3v) is 2.84. The molecule has 0 fully saturated rings. The van der Waals surface area contributed by atoms with Gasteiger partial charge in [-0.05, 0) is 22.0 Å². The molecular weight excluding hydrogens is 263 g/mol. The van der Waals surface area contributed by atoms with Gasteiger partial charge < -0.3 is 0 Å². The highest BCUT2D eigenvalue weighted by Gasteiger charge is 2.16. The zero-order valence-corrected chi connectivity index (χ0v) is 8.53. The van der Waals surface area contributed by atoms with E-state index in [9.17, 15) is 8.78 Å². The summed E-state index contributed by atoms with van der Waals surface area (Å²) in [5.74, 6) is 0. The zero-order valence-electron chi connectivity index (χ0n) is 6.19. The first-order chi connectivity index (χ1) is 6.07. The average molecular weight is 266 g/mol. The summed E-state index contributed by atoms with van der Waals surface area (Å²) in [7, 11) is 0. The molecule has 0 aliphatic rings. The second kappa shape index (κ2) is 4.03. The number of hydrogen-bond acceptors (Lipinski definition) is 1. The van der Waals surface area contributed by atoms with Gasteiger partial charge in [0.1, 0.15) is 6.07 Å². The Bertz CT molecular complexity index is 373. The lowest BCUT2D eigenvalue weighted by Gasteiger charge is -2.05. The third kappa shape index (κ3) is 1.98. The van der Waals surface area contributed by atoms with Crippen molar-refractivity contribution in [3.8, 4) is 6.07 Å². The Morgan fingerprint density at radius 1 is 1.46 bits per heavy atom. The molecule has 13 heavy (non-hydrogen) atoms. The molecule has 0 saturated heterocycles. The van der Waals surface area contributed by atoms with Gasteiger partial charge >= 0.3 is 0 Å². The van der Waals surface area contributed by atoms with E-state index in [1.807, 2.05) is 0 Å².